The number of anilines is 1. The van der Waals surface area contributed by atoms with E-state index in [-0.39, 0.29) is 5.41 Å². The maximum Gasteiger partial charge on any atom is 0.0414 e. The maximum atomic E-state index is 3.57. The molecule has 2 aromatic carbocycles. The van der Waals surface area contributed by atoms with Gasteiger partial charge in [0.1, 0.15) is 0 Å². The van der Waals surface area contributed by atoms with Crippen molar-refractivity contribution >= 4 is 32.4 Å². The van der Waals surface area contributed by atoms with Gasteiger partial charge < -0.3 is 4.90 Å². The lowest BCUT2D eigenvalue weighted by molar-refractivity contribution is 0.447. The monoisotopic (exact) mass is 317 g/mol. The molecule has 0 radical (unpaired) electrons. The number of hydrogen-bond acceptors (Lipinski definition) is 1. The van der Waals surface area contributed by atoms with Crippen molar-refractivity contribution in [3.8, 4) is 0 Å². The summed E-state index contributed by atoms with van der Waals surface area (Å²) in [5.41, 5.74) is 3.11. The smallest absolute Gasteiger partial charge is 0.0414 e. The van der Waals surface area contributed by atoms with Crippen molar-refractivity contribution in [3.05, 3.63) is 40.4 Å². The number of benzene rings is 2. The van der Waals surface area contributed by atoms with Crippen LogP contribution in [0.5, 0.6) is 0 Å². The lowest BCUT2D eigenvalue weighted by atomic mass is 9.79. The van der Waals surface area contributed by atoms with Gasteiger partial charge >= 0.3 is 0 Å². The van der Waals surface area contributed by atoms with Crippen LogP contribution in [-0.4, -0.2) is 12.6 Å². The molecule has 19 heavy (non-hydrogen) atoms. The van der Waals surface area contributed by atoms with E-state index in [1.165, 1.54) is 22.0 Å². The molecule has 0 aromatic heterocycles. The fourth-order valence-electron chi connectivity index (χ4n) is 3.46. The van der Waals surface area contributed by atoms with Crippen LogP contribution in [0, 0.1) is 0 Å². The third-order valence-corrected chi connectivity index (χ3v) is 5.26. The Hall–Kier alpha value is -1.02. The van der Waals surface area contributed by atoms with Gasteiger partial charge in [0.05, 0.1) is 0 Å². The van der Waals surface area contributed by atoms with Crippen LogP contribution in [0.2, 0.25) is 0 Å². The Morgan fingerprint density at radius 3 is 2.63 bits per heavy atom. The molecule has 1 unspecified atom stereocenters. The molecular weight excluding hydrogens is 298 g/mol. The molecule has 0 saturated carbocycles. The predicted molar refractivity (Wildman–Crippen MR) is 87.2 cm³/mol. The summed E-state index contributed by atoms with van der Waals surface area (Å²) < 4.78 is 1.15. The molecule has 0 aliphatic carbocycles. The third-order valence-electron chi connectivity index (χ3n) is 4.77. The summed E-state index contributed by atoms with van der Waals surface area (Å²) >= 11 is 3.57. The number of likely N-dealkylation sites (N-methyl/N-ethyl adjacent to an activating group) is 1. The van der Waals surface area contributed by atoms with Gasteiger partial charge in [-0.05, 0) is 48.4 Å². The normalized spacial score (nSPS) is 20.9. The molecule has 2 aromatic rings. The van der Waals surface area contributed by atoms with Gasteiger partial charge in [0.15, 0.2) is 0 Å². The summed E-state index contributed by atoms with van der Waals surface area (Å²) in [7, 11) is 0. The molecule has 0 bridgehead atoms. The molecule has 3 rings (SSSR count). The van der Waals surface area contributed by atoms with Crippen molar-refractivity contribution < 1.29 is 0 Å². The van der Waals surface area contributed by atoms with Crippen LogP contribution < -0.4 is 4.90 Å². The second kappa shape index (κ2) is 4.24. The van der Waals surface area contributed by atoms with Crippen molar-refractivity contribution in [1.82, 2.24) is 0 Å². The Morgan fingerprint density at radius 1 is 1.21 bits per heavy atom. The lowest BCUT2D eigenvalue weighted by Gasteiger charge is -2.30. The summed E-state index contributed by atoms with van der Waals surface area (Å²) in [5.74, 6) is 0. The summed E-state index contributed by atoms with van der Waals surface area (Å²) in [4.78, 5) is 2.52. The molecule has 1 nitrogen and oxygen atoms in total. The highest BCUT2D eigenvalue weighted by Crippen LogP contribution is 2.48. The first-order valence-corrected chi connectivity index (χ1v) is 7.75. The zero-order valence-corrected chi connectivity index (χ0v) is 13.6. The molecule has 0 saturated heterocycles. The summed E-state index contributed by atoms with van der Waals surface area (Å²) in [6.07, 6.45) is 0. The van der Waals surface area contributed by atoms with Gasteiger partial charge in [-0.1, -0.05) is 41.9 Å². The zero-order valence-electron chi connectivity index (χ0n) is 12.0. The highest BCUT2D eigenvalue weighted by atomic mass is 79.9. The Labute approximate surface area is 123 Å². The van der Waals surface area contributed by atoms with Gasteiger partial charge in [0.2, 0.25) is 0 Å². The quantitative estimate of drug-likeness (QED) is 0.706. The largest absolute Gasteiger partial charge is 0.368 e. The highest BCUT2D eigenvalue weighted by Gasteiger charge is 2.42. The van der Waals surface area contributed by atoms with Crippen molar-refractivity contribution in [1.29, 1.82) is 0 Å². The molecule has 0 spiro atoms. The number of hydrogen-bond donors (Lipinski definition) is 0. The molecule has 2 heteroatoms. The van der Waals surface area contributed by atoms with Crippen molar-refractivity contribution in [3.63, 3.8) is 0 Å². The first-order chi connectivity index (χ1) is 8.96. The molecule has 100 valence electrons. The third kappa shape index (κ3) is 1.73. The molecule has 1 aliphatic heterocycles. The zero-order chi connectivity index (χ0) is 13.8. The Bertz CT molecular complexity index is 645. The average Bonchev–Trinajstić information content (AvgIpc) is 2.57. The fraction of sp³-hybridized carbons (Fsp3) is 0.412. The fourth-order valence-corrected chi connectivity index (χ4v) is 3.84. The molecule has 0 amide bonds. The van der Waals surface area contributed by atoms with Crippen molar-refractivity contribution in [2.24, 2.45) is 0 Å². The van der Waals surface area contributed by atoms with E-state index in [9.17, 15) is 0 Å². The number of halogens is 1. The van der Waals surface area contributed by atoms with Gasteiger partial charge in [-0.2, -0.15) is 0 Å². The minimum atomic E-state index is 0.193. The molecule has 1 aliphatic rings. The van der Waals surface area contributed by atoms with Crippen molar-refractivity contribution in [2.45, 2.75) is 39.2 Å². The second-order valence-corrected chi connectivity index (χ2v) is 6.92. The van der Waals surface area contributed by atoms with Crippen LogP contribution in [0.15, 0.2) is 34.8 Å². The summed E-state index contributed by atoms with van der Waals surface area (Å²) in [6, 6.07) is 11.7. The molecule has 0 fully saturated rings. The van der Waals surface area contributed by atoms with E-state index in [1.54, 1.807) is 0 Å². The van der Waals surface area contributed by atoms with E-state index in [2.05, 4.69) is 78.9 Å². The van der Waals surface area contributed by atoms with Gasteiger partial charge in [-0.3, -0.25) is 0 Å². The molecule has 1 atom stereocenters. The first-order valence-electron chi connectivity index (χ1n) is 6.96. The minimum Gasteiger partial charge on any atom is -0.368 e. The number of fused-ring (bicyclic) bond motifs is 3. The standard InChI is InChI=1S/C17H20BrN/c1-5-19-11(2)17(3,4)16-14-8-7-13(18)10-12(14)6-9-15(16)19/h6-11H,5H2,1-4H3. The lowest BCUT2D eigenvalue weighted by Crippen LogP contribution is -2.38. The Balaban J connectivity index is 2.36. The van der Waals surface area contributed by atoms with E-state index in [0.29, 0.717) is 6.04 Å². The van der Waals surface area contributed by atoms with Gasteiger partial charge in [0.25, 0.3) is 0 Å². The number of nitrogens with zero attached hydrogens (tertiary/aromatic N) is 1. The van der Waals surface area contributed by atoms with Gasteiger partial charge in [-0.15, -0.1) is 0 Å². The van der Waals surface area contributed by atoms with Crippen LogP contribution in [0.3, 0.4) is 0 Å². The van der Waals surface area contributed by atoms with E-state index >= 15 is 0 Å². The van der Waals surface area contributed by atoms with E-state index in [4.69, 9.17) is 0 Å². The first kappa shape index (κ1) is 13.0. The van der Waals surface area contributed by atoms with Crippen LogP contribution in [-0.2, 0) is 5.41 Å². The van der Waals surface area contributed by atoms with Crippen LogP contribution in [0.1, 0.15) is 33.3 Å². The van der Waals surface area contributed by atoms with Crippen LogP contribution >= 0.6 is 15.9 Å². The van der Waals surface area contributed by atoms with Gasteiger partial charge in [0, 0.05) is 28.2 Å². The summed E-state index contributed by atoms with van der Waals surface area (Å²) in [6.45, 7) is 10.4. The Kier molecular flexibility index (Phi) is 2.90. The van der Waals surface area contributed by atoms with E-state index in [1.807, 2.05) is 0 Å². The number of rotatable bonds is 1. The Morgan fingerprint density at radius 2 is 1.95 bits per heavy atom. The van der Waals surface area contributed by atoms with Gasteiger partial charge in [-0.25, -0.2) is 0 Å². The average molecular weight is 318 g/mol. The van der Waals surface area contributed by atoms with Crippen LogP contribution in [0.25, 0.3) is 10.8 Å². The SMILES string of the molecule is CCN1c2ccc3cc(Br)ccc3c2C(C)(C)C1C. The molecule has 1 heterocycles. The van der Waals surface area contributed by atoms with Crippen molar-refractivity contribution in [2.75, 3.05) is 11.4 Å². The van der Waals surface area contributed by atoms with E-state index < -0.39 is 0 Å². The van der Waals surface area contributed by atoms with Crippen LogP contribution in [0.4, 0.5) is 5.69 Å². The molecular formula is C17H20BrN. The second-order valence-electron chi connectivity index (χ2n) is 6.01. The summed E-state index contributed by atoms with van der Waals surface area (Å²) in [5, 5.41) is 2.72. The topological polar surface area (TPSA) is 3.24 Å². The minimum absolute atomic E-state index is 0.193. The highest BCUT2D eigenvalue weighted by molar-refractivity contribution is 9.10. The maximum absolute atomic E-state index is 3.57. The predicted octanol–water partition coefficient (Wildman–Crippen LogP) is 5.11. The van der Waals surface area contributed by atoms with E-state index in [0.717, 1.165) is 11.0 Å². The molecule has 0 N–H and O–H groups in total.